The van der Waals surface area contributed by atoms with Crippen LogP contribution in [0.3, 0.4) is 0 Å². The number of nitrogen functional groups attached to an aromatic ring is 1. The van der Waals surface area contributed by atoms with E-state index in [9.17, 15) is 0 Å². The second-order valence-corrected chi connectivity index (χ2v) is 4.55. The van der Waals surface area contributed by atoms with Crippen molar-refractivity contribution in [3.63, 3.8) is 0 Å². The molecule has 0 aliphatic rings. The molecule has 19 heavy (non-hydrogen) atoms. The number of hydrogen-bond acceptors (Lipinski definition) is 3. The van der Waals surface area contributed by atoms with Crippen molar-refractivity contribution in [2.45, 2.75) is 0 Å². The van der Waals surface area contributed by atoms with E-state index in [0.29, 0.717) is 16.6 Å². The van der Waals surface area contributed by atoms with Crippen LogP contribution in [0.4, 0.5) is 5.69 Å². The molecule has 0 aliphatic heterocycles. The minimum absolute atomic E-state index is 0.551. The summed E-state index contributed by atoms with van der Waals surface area (Å²) in [4.78, 5) is 4.45. The SMILES string of the molecule is Nc1ccc(-c2nc(-c3ccccc3Cl)co2)cc1. The first kappa shape index (κ1) is 11.8. The molecule has 2 N–H and O–H groups in total. The third kappa shape index (κ3) is 2.33. The topological polar surface area (TPSA) is 52.0 Å². The van der Waals surface area contributed by atoms with E-state index in [4.69, 9.17) is 21.8 Å². The van der Waals surface area contributed by atoms with Gasteiger partial charge in [-0.1, -0.05) is 29.8 Å². The second-order valence-electron chi connectivity index (χ2n) is 4.14. The van der Waals surface area contributed by atoms with E-state index >= 15 is 0 Å². The number of benzene rings is 2. The Hall–Kier alpha value is -2.26. The van der Waals surface area contributed by atoms with Crippen LogP contribution in [-0.4, -0.2) is 4.98 Å². The number of oxazole rings is 1. The van der Waals surface area contributed by atoms with Gasteiger partial charge in [0.15, 0.2) is 0 Å². The Kier molecular flexibility index (Phi) is 2.97. The third-order valence-electron chi connectivity index (χ3n) is 2.81. The van der Waals surface area contributed by atoms with E-state index in [2.05, 4.69) is 4.98 Å². The van der Waals surface area contributed by atoms with Crippen molar-refractivity contribution in [2.24, 2.45) is 0 Å². The molecule has 1 heterocycles. The molecule has 0 amide bonds. The molecular weight excluding hydrogens is 260 g/mol. The van der Waals surface area contributed by atoms with Gasteiger partial charge in [-0.2, -0.15) is 0 Å². The fourth-order valence-electron chi connectivity index (χ4n) is 1.82. The van der Waals surface area contributed by atoms with Crippen LogP contribution in [0.25, 0.3) is 22.7 Å². The molecule has 0 bridgehead atoms. The van der Waals surface area contributed by atoms with Gasteiger partial charge in [-0.15, -0.1) is 0 Å². The van der Waals surface area contributed by atoms with E-state index in [0.717, 1.165) is 16.8 Å². The first-order chi connectivity index (χ1) is 9.24. The molecule has 0 radical (unpaired) electrons. The average Bonchev–Trinajstić information content (AvgIpc) is 2.89. The Morgan fingerprint density at radius 1 is 1.00 bits per heavy atom. The van der Waals surface area contributed by atoms with Gasteiger partial charge in [0, 0.05) is 16.8 Å². The summed E-state index contributed by atoms with van der Waals surface area (Å²) in [6.07, 6.45) is 1.60. The highest BCUT2D eigenvalue weighted by Crippen LogP contribution is 2.29. The van der Waals surface area contributed by atoms with Crippen LogP contribution in [0, 0.1) is 0 Å². The smallest absolute Gasteiger partial charge is 0.226 e. The summed E-state index contributed by atoms with van der Waals surface area (Å²) >= 11 is 6.14. The maximum absolute atomic E-state index is 6.14. The molecule has 0 saturated heterocycles. The van der Waals surface area contributed by atoms with Crippen LogP contribution < -0.4 is 5.73 Å². The number of aromatic nitrogens is 1. The quantitative estimate of drug-likeness (QED) is 0.709. The molecule has 3 nitrogen and oxygen atoms in total. The van der Waals surface area contributed by atoms with Crippen molar-refractivity contribution in [2.75, 3.05) is 5.73 Å². The lowest BCUT2D eigenvalue weighted by molar-refractivity contribution is 0.575. The number of anilines is 1. The predicted octanol–water partition coefficient (Wildman–Crippen LogP) is 4.24. The number of halogens is 1. The van der Waals surface area contributed by atoms with Crippen molar-refractivity contribution in [1.82, 2.24) is 4.98 Å². The van der Waals surface area contributed by atoms with E-state index in [1.807, 2.05) is 48.5 Å². The van der Waals surface area contributed by atoms with Gasteiger partial charge in [0.05, 0.1) is 5.02 Å². The van der Waals surface area contributed by atoms with Crippen LogP contribution in [0.2, 0.25) is 5.02 Å². The van der Waals surface area contributed by atoms with E-state index in [1.54, 1.807) is 6.26 Å². The minimum Gasteiger partial charge on any atom is -0.444 e. The Bertz CT molecular complexity index is 704. The number of hydrogen-bond donors (Lipinski definition) is 1. The van der Waals surface area contributed by atoms with Crippen molar-refractivity contribution in [3.8, 4) is 22.7 Å². The molecule has 0 saturated carbocycles. The molecular formula is C15H11ClN2O. The molecule has 0 spiro atoms. The standard InChI is InChI=1S/C15H11ClN2O/c16-13-4-2-1-3-12(13)14-9-19-15(18-14)10-5-7-11(17)8-6-10/h1-9H,17H2. The number of nitrogens with zero attached hydrogens (tertiary/aromatic N) is 1. The normalized spacial score (nSPS) is 10.6. The van der Waals surface area contributed by atoms with Crippen LogP contribution >= 0.6 is 11.6 Å². The highest BCUT2D eigenvalue weighted by atomic mass is 35.5. The summed E-state index contributed by atoms with van der Waals surface area (Å²) < 4.78 is 5.49. The average molecular weight is 271 g/mol. The Labute approximate surface area is 115 Å². The largest absolute Gasteiger partial charge is 0.444 e. The predicted molar refractivity (Wildman–Crippen MR) is 76.8 cm³/mol. The molecule has 0 aliphatic carbocycles. The molecule has 2 aromatic carbocycles. The fraction of sp³-hybridized carbons (Fsp3) is 0. The third-order valence-corrected chi connectivity index (χ3v) is 3.14. The van der Waals surface area contributed by atoms with Gasteiger partial charge in [0.25, 0.3) is 0 Å². The van der Waals surface area contributed by atoms with Gasteiger partial charge < -0.3 is 10.2 Å². The summed E-state index contributed by atoms with van der Waals surface area (Å²) in [5, 5.41) is 0.652. The van der Waals surface area contributed by atoms with E-state index in [1.165, 1.54) is 0 Å². The Balaban J connectivity index is 2.00. The molecule has 3 aromatic rings. The van der Waals surface area contributed by atoms with Crippen molar-refractivity contribution in [3.05, 3.63) is 59.8 Å². The van der Waals surface area contributed by atoms with Crippen molar-refractivity contribution >= 4 is 17.3 Å². The monoisotopic (exact) mass is 270 g/mol. The molecule has 0 fully saturated rings. The zero-order valence-electron chi connectivity index (χ0n) is 10.0. The zero-order valence-corrected chi connectivity index (χ0v) is 10.8. The lowest BCUT2D eigenvalue weighted by Gasteiger charge is -1.98. The van der Waals surface area contributed by atoms with E-state index in [-0.39, 0.29) is 0 Å². The van der Waals surface area contributed by atoms with Gasteiger partial charge in [-0.25, -0.2) is 4.98 Å². The van der Waals surface area contributed by atoms with Gasteiger partial charge in [0.2, 0.25) is 5.89 Å². The molecule has 0 atom stereocenters. The molecule has 4 heteroatoms. The Morgan fingerprint density at radius 3 is 2.47 bits per heavy atom. The summed E-state index contributed by atoms with van der Waals surface area (Å²) in [7, 11) is 0. The maximum Gasteiger partial charge on any atom is 0.226 e. The molecule has 94 valence electrons. The fourth-order valence-corrected chi connectivity index (χ4v) is 2.06. The van der Waals surface area contributed by atoms with Gasteiger partial charge in [-0.05, 0) is 30.3 Å². The molecule has 3 rings (SSSR count). The zero-order chi connectivity index (χ0) is 13.2. The molecule has 1 aromatic heterocycles. The van der Waals surface area contributed by atoms with Gasteiger partial charge in [0.1, 0.15) is 12.0 Å². The number of rotatable bonds is 2. The van der Waals surface area contributed by atoms with Crippen LogP contribution in [-0.2, 0) is 0 Å². The summed E-state index contributed by atoms with van der Waals surface area (Å²) in [5.41, 5.74) is 8.82. The summed E-state index contributed by atoms with van der Waals surface area (Å²) in [6, 6.07) is 14.9. The van der Waals surface area contributed by atoms with Crippen LogP contribution in [0.15, 0.2) is 59.2 Å². The maximum atomic E-state index is 6.14. The van der Waals surface area contributed by atoms with Crippen molar-refractivity contribution in [1.29, 1.82) is 0 Å². The first-order valence-corrected chi connectivity index (χ1v) is 6.18. The highest BCUT2D eigenvalue weighted by Gasteiger charge is 2.10. The second kappa shape index (κ2) is 4.78. The summed E-state index contributed by atoms with van der Waals surface area (Å²) in [5.74, 6) is 0.551. The van der Waals surface area contributed by atoms with Crippen molar-refractivity contribution < 1.29 is 4.42 Å². The lowest BCUT2D eigenvalue weighted by atomic mass is 10.2. The van der Waals surface area contributed by atoms with Gasteiger partial charge in [-0.3, -0.25) is 0 Å². The van der Waals surface area contributed by atoms with Gasteiger partial charge >= 0.3 is 0 Å². The number of nitrogens with two attached hydrogens (primary N) is 1. The Morgan fingerprint density at radius 2 is 1.74 bits per heavy atom. The highest BCUT2D eigenvalue weighted by molar-refractivity contribution is 6.33. The van der Waals surface area contributed by atoms with E-state index < -0.39 is 0 Å². The first-order valence-electron chi connectivity index (χ1n) is 5.80. The minimum atomic E-state index is 0.551. The lowest BCUT2D eigenvalue weighted by Crippen LogP contribution is -1.84. The summed E-state index contributed by atoms with van der Waals surface area (Å²) in [6.45, 7) is 0. The van der Waals surface area contributed by atoms with Crippen LogP contribution in [0.5, 0.6) is 0 Å². The van der Waals surface area contributed by atoms with Crippen LogP contribution in [0.1, 0.15) is 0 Å². The molecule has 0 unspecified atom stereocenters.